The van der Waals surface area contributed by atoms with Gasteiger partial charge in [0.1, 0.15) is 0 Å². The van der Waals surface area contributed by atoms with Crippen LogP contribution < -0.4 is 5.32 Å². The quantitative estimate of drug-likeness (QED) is 0.657. The molecular formula is C9H17F2N. The van der Waals surface area contributed by atoms with E-state index in [9.17, 15) is 8.78 Å². The average Bonchev–Trinajstić information content (AvgIpc) is 2.80. The van der Waals surface area contributed by atoms with Crippen LogP contribution in [0.2, 0.25) is 0 Å². The molecule has 1 N–H and O–H groups in total. The Labute approximate surface area is 72.5 Å². The van der Waals surface area contributed by atoms with E-state index in [1.807, 2.05) is 6.92 Å². The van der Waals surface area contributed by atoms with Crippen molar-refractivity contribution in [2.75, 3.05) is 6.54 Å². The normalized spacial score (nSPS) is 20.0. The van der Waals surface area contributed by atoms with E-state index in [1.165, 1.54) is 0 Å². The summed E-state index contributed by atoms with van der Waals surface area (Å²) in [7, 11) is 0. The fourth-order valence-electron chi connectivity index (χ4n) is 1.32. The molecular weight excluding hydrogens is 160 g/mol. The molecule has 1 saturated carbocycles. The lowest BCUT2D eigenvalue weighted by Gasteiger charge is -2.16. The third-order valence-corrected chi connectivity index (χ3v) is 2.24. The maximum atomic E-state index is 12.3. The number of rotatable bonds is 6. The van der Waals surface area contributed by atoms with Gasteiger partial charge in [0.2, 0.25) is 0 Å². The minimum atomic E-state index is -2.20. The van der Waals surface area contributed by atoms with E-state index in [0.717, 1.165) is 19.3 Å². The van der Waals surface area contributed by atoms with E-state index >= 15 is 0 Å². The lowest BCUT2D eigenvalue weighted by atomic mass is 10.1. The topological polar surface area (TPSA) is 12.0 Å². The standard InChI is InChI=1S/C9H17F2N/c1-2-5-12-8(9(10)11)6-7-3-4-7/h7-9,12H,2-6H2,1H3. The molecule has 0 aromatic rings. The van der Waals surface area contributed by atoms with Gasteiger partial charge in [-0.1, -0.05) is 19.8 Å². The van der Waals surface area contributed by atoms with Gasteiger partial charge in [0.15, 0.2) is 0 Å². The SMILES string of the molecule is CCCNC(CC1CC1)C(F)F. The van der Waals surface area contributed by atoms with E-state index < -0.39 is 12.5 Å². The molecule has 1 aliphatic rings. The molecule has 0 amide bonds. The summed E-state index contributed by atoms with van der Waals surface area (Å²) in [5.41, 5.74) is 0. The predicted octanol–water partition coefficient (Wildman–Crippen LogP) is 2.42. The summed E-state index contributed by atoms with van der Waals surface area (Å²) in [4.78, 5) is 0. The molecule has 0 saturated heterocycles. The van der Waals surface area contributed by atoms with Crippen LogP contribution in [0.4, 0.5) is 8.78 Å². The summed E-state index contributed by atoms with van der Waals surface area (Å²) in [5, 5.41) is 2.89. The van der Waals surface area contributed by atoms with E-state index in [2.05, 4.69) is 5.32 Å². The number of hydrogen-bond acceptors (Lipinski definition) is 1. The van der Waals surface area contributed by atoms with Gasteiger partial charge in [-0.05, 0) is 25.3 Å². The zero-order valence-corrected chi connectivity index (χ0v) is 7.52. The highest BCUT2D eigenvalue weighted by atomic mass is 19.3. The Morgan fingerprint density at radius 3 is 2.50 bits per heavy atom. The van der Waals surface area contributed by atoms with Crippen molar-refractivity contribution in [1.82, 2.24) is 5.32 Å². The first kappa shape index (κ1) is 9.90. The Morgan fingerprint density at radius 1 is 1.42 bits per heavy atom. The average molecular weight is 177 g/mol. The van der Waals surface area contributed by atoms with Crippen molar-refractivity contribution in [1.29, 1.82) is 0 Å². The van der Waals surface area contributed by atoms with Crippen LogP contribution in [-0.2, 0) is 0 Å². The fraction of sp³-hybridized carbons (Fsp3) is 1.00. The molecule has 3 heteroatoms. The summed E-state index contributed by atoms with van der Waals surface area (Å²) in [6.45, 7) is 2.70. The van der Waals surface area contributed by atoms with Gasteiger partial charge in [-0.15, -0.1) is 0 Å². The first-order valence-electron chi connectivity index (χ1n) is 4.75. The van der Waals surface area contributed by atoms with Crippen molar-refractivity contribution in [3.8, 4) is 0 Å². The van der Waals surface area contributed by atoms with Crippen molar-refractivity contribution < 1.29 is 8.78 Å². The van der Waals surface area contributed by atoms with Gasteiger partial charge in [-0.3, -0.25) is 0 Å². The summed E-state index contributed by atoms with van der Waals surface area (Å²) in [6.07, 6.45) is 1.69. The van der Waals surface area contributed by atoms with E-state index in [4.69, 9.17) is 0 Å². The van der Waals surface area contributed by atoms with Crippen LogP contribution in [0.25, 0.3) is 0 Å². The molecule has 0 heterocycles. The minimum absolute atomic E-state index is 0.558. The molecule has 1 rings (SSSR count). The Balaban J connectivity index is 2.16. The minimum Gasteiger partial charge on any atom is -0.309 e. The monoisotopic (exact) mass is 177 g/mol. The molecule has 0 radical (unpaired) electrons. The Bertz CT molecular complexity index is 124. The molecule has 0 bridgehead atoms. The number of nitrogens with one attached hydrogen (secondary N) is 1. The number of alkyl halides is 2. The van der Waals surface area contributed by atoms with Gasteiger partial charge in [0, 0.05) is 0 Å². The second-order valence-corrected chi connectivity index (χ2v) is 3.57. The Morgan fingerprint density at radius 2 is 2.08 bits per heavy atom. The molecule has 72 valence electrons. The predicted molar refractivity (Wildman–Crippen MR) is 45.4 cm³/mol. The van der Waals surface area contributed by atoms with E-state index in [1.54, 1.807) is 0 Å². The van der Waals surface area contributed by atoms with Crippen LogP contribution in [0, 0.1) is 5.92 Å². The largest absolute Gasteiger partial charge is 0.309 e. The van der Waals surface area contributed by atoms with Crippen LogP contribution in [0.1, 0.15) is 32.6 Å². The maximum absolute atomic E-state index is 12.3. The van der Waals surface area contributed by atoms with Crippen LogP contribution in [0.15, 0.2) is 0 Å². The third kappa shape index (κ3) is 3.48. The highest BCUT2D eigenvalue weighted by Crippen LogP contribution is 2.34. The molecule has 1 nitrogen and oxygen atoms in total. The fourth-order valence-corrected chi connectivity index (χ4v) is 1.32. The molecule has 0 spiro atoms. The molecule has 0 aliphatic heterocycles. The number of halogens is 2. The van der Waals surface area contributed by atoms with Crippen LogP contribution >= 0.6 is 0 Å². The van der Waals surface area contributed by atoms with Gasteiger partial charge >= 0.3 is 0 Å². The maximum Gasteiger partial charge on any atom is 0.253 e. The van der Waals surface area contributed by atoms with Crippen molar-refractivity contribution >= 4 is 0 Å². The van der Waals surface area contributed by atoms with Gasteiger partial charge in [0.05, 0.1) is 6.04 Å². The van der Waals surface area contributed by atoms with Crippen LogP contribution in [0.3, 0.4) is 0 Å². The molecule has 1 aliphatic carbocycles. The molecule has 1 fully saturated rings. The molecule has 12 heavy (non-hydrogen) atoms. The highest BCUT2D eigenvalue weighted by Gasteiger charge is 2.29. The van der Waals surface area contributed by atoms with Gasteiger partial charge in [-0.25, -0.2) is 8.78 Å². The zero-order chi connectivity index (χ0) is 8.97. The molecule has 0 aromatic carbocycles. The van der Waals surface area contributed by atoms with Crippen LogP contribution in [0.5, 0.6) is 0 Å². The van der Waals surface area contributed by atoms with Crippen molar-refractivity contribution in [3.05, 3.63) is 0 Å². The lowest BCUT2D eigenvalue weighted by Crippen LogP contribution is -2.36. The van der Waals surface area contributed by atoms with Crippen molar-refractivity contribution in [2.45, 2.75) is 45.1 Å². The summed E-state index contributed by atoms with van der Waals surface area (Å²) >= 11 is 0. The Kier molecular flexibility index (Phi) is 3.92. The molecule has 0 aromatic heterocycles. The summed E-state index contributed by atoms with van der Waals surface area (Å²) < 4.78 is 24.7. The van der Waals surface area contributed by atoms with Gasteiger partial charge in [0.25, 0.3) is 6.43 Å². The van der Waals surface area contributed by atoms with Crippen molar-refractivity contribution in [2.24, 2.45) is 5.92 Å². The summed E-state index contributed by atoms with van der Waals surface area (Å²) in [5.74, 6) is 0.577. The summed E-state index contributed by atoms with van der Waals surface area (Å²) in [6, 6.07) is -0.558. The van der Waals surface area contributed by atoms with E-state index in [0.29, 0.717) is 18.9 Å². The highest BCUT2D eigenvalue weighted by molar-refractivity contribution is 4.81. The van der Waals surface area contributed by atoms with Crippen LogP contribution in [-0.4, -0.2) is 19.0 Å². The Hall–Kier alpha value is -0.180. The second kappa shape index (κ2) is 4.75. The van der Waals surface area contributed by atoms with E-state index in [-0.39, 0.29) is 0 Å². The smallest absolute Gasteiger partial charge is 0.253 e. The first-order valence-corrected chi connectivity index (χ1v) is 4.75. The lowest BCUT2D eigenvalue weighted by molar-refractivity contribution is 0.0915. The molecule has 1 unspecified atom stereocenters. The number of hydrogen-bond donors (Lipinski definition) is 1. The molecule has 1 atom stereocenters. The van der Waals surface area contributed by atoms with Gasteiger partial charge in [-0.2, -0.15) is 0 Å². The first-order chi connectivity index (χ1) is 5.74. The zero-order valence-electron chi connectivity index (χ0n) is 7.52. The van der Waals surface area contributed by atoms with Crippen molar-refractivity contribution in [3.63, 3.8) is 0 Å². The van der Waals surface area contributed by atoms with Gasteiger partial charge < -0.3 is 5.32 Å². The second-order valence-electron chi connectivity index (χ2n) is 3.57. The third-order valence-electron chi connectivity index (χ3n) is 2.24.